The predicted octanol–water partition coefficient (Wildman–Crippen LogP) is 3.77. The minimum absolute atomic E-state index is 0.364. The SMILES string of the molecule is COc1cc(Br)cc(C(C)(C)N)c1C(C)C. The lowest BCUT2D eigenvalue weighted by Gasteiger charge is -2.26. The fraction of sp³-hybridized carbons (Fsp3) is 0.538. The molecule has 90 valence electrons. The van der Waals surface area contributed by atoms with E-state index in [1.165, 1.54) is 5.56 Å². The standard InChI is InChI=1S/C13H20BrNO/c1-8(2)12-10(13(3,4)15)6-9(14)7-11(12)16-5/h6-8H,15H2,1-5H3. The molecule has 0 atom stereocenters. The van der Waals surface area contributed by atoms with E-state index in [9.17, 15) is 0 Å². The number of ether oxygens (including phenoxy) is 1. The van der Waals surface area contributed by atoms with Crippen molar-refractivity contribution < 1.29 is 4.74 Å². The minimum atomic E-state index is -0.364. The maximum atomic E-state index is 6.21. The first-order valence-corrected chi connectivity index (χ1v) is 6.23. The van der Waals surface area contributed by atoms with Crippen molar-refractivity contribution in [1.29, 1.82) is 0 Å². The largest absolute Gasteiger partial charge is 0.496 e. The number of halogens is 1. The molecule has 16 heavy (non-hydrogen) atoms. The summed E-state index contributed by atoms with van der Waals surface area (Å²) in [6, 6.07) is 4.07. The number of hydrogen-bond donors (Lipinski definition) is 1. The van der Waals surface area contributed by atoms with Crippen LogP contribution in [0, 0.1) is 0 Å². The molecular weight excluding hydrogens is 266 g/mol. The van der Waals surface area contributed by atoms with Crippen LogP contribution in [0.1, 0.15) is 44.7 Å². The molecule has 0 radical (unpaired) electrons. The molecule has 2 nitrogen and oxygen atoms in total. The van der Waals surface area contributed by atoms with Crippen LogP contribution in [0.25, 0.3) is 0 Å². The first-order valence-electron chi connectivity index (χ1n) is 5.44. The van der Waals surface area contributed by atoms with Crippen molar-refractivity contribution in [3.8, 4) is 5.75 Å². The molecule has 0 unspecified atom stereocenters. The van der Waals surface area contributed by atoms with Gasteiger partial charge in [-0.2, -0.15) is 0 Å². The van der Waals surface area contributed by atoms with Crippen molar-refractivity contribution in [2.24, 2.45) is 5.73 Å². The van der Waals surface area contributed by atoms with Gasteiger partial charge < -0.3 is 10.5 Å². The molecule has 0 aliphatic carbocycles. The second-order valence-electron chi connectivity index (χ2n) is 4.95. The summed E-state index contributed by atoms with van der Waals surface area (Å²) >= 11 is 3.49. The molecule has 0 aliphatic heterocycles. The van der Waals surface area contributed by atoms with Crippen LogP contribution in [-0.2, 0) is 5.54 Å². The predicted molar refractivity (Wildman–Crippen MR) is 72.0 cm³/mol. The Hall–Kier alpha value is -0.540. The Balaban J connectivity index is 3.51. The Morgan fingerprint density at radius 1 is 1.31 bits per heavy atom. The Morgan fingerprint density at radius 2 is 1.88 bits per heavy atom. The van der Waals surface area contributed by atoms with Crippen LogP contribution in [-0.4, -0.2) is 7.11 Å². The van der Waals surface area contributed by atoms with Gasteiger partial charge in [-0.25, -0.2) is 0 Å². The molecule has 2 N–H and O–H groups in total. The molecule has 1 aromatic carbocycles. The molecule has 1 aromatic rings. The number of hydrogen-bond acceptors (Lipinski definition) is 2. The Labute approximate surface area is 106 Å². The van der Waals surface area contributed by atoms with Gasteiger partial charge in [0.1, 0.15) is 5.75 Å². The summed E-state index contributed by atoms with van der Waals surface area (Å²) in [6.07, 6.45) is 0. The third-order valence-electron chi connectivity index (χ3n) is 2.60. The van der Waals surface area contributed by atoms with E-state index in [0.717, 1.165) is 15.8 Å². The molecule has 0 heterocycles. The van der Waals surface area contributed by atoms with E-state index >= 15 is 0 Å². The fourth-order valence-electron chi connectivity index (χ4n) is 1.89. The monoisotopic (exact) mass is 285 g/mol. The molecule has 0 saturated carbocycles. The normalized spacial score (nSPS) is 12.0. The summed E-state index contributed by atoms with van der Waals surface area (Å²) < 4.78 is 6.44. The summed E-state index contributed by atoms with van der Waals surface area (Å²) in [6.45, 7) is 8.34. The summed E-state index contributed by atoms with van der Waals surface area (Å²) in [5.74, 6) is 1.29. The van der Waals surface area contributed by atoms with Gasteiger partial charge in [-0.15, -0.1) is 0 Å². The van der Waals surface area contributed by atoms with E-state index in [-0.39, 0.29) is 5.54 Å². The van der Waals surface area contributed by atoms with Gasteiger partial charge in [0.25, 0.3) is 0 Å². The van der Waals surface area contributed by atoms with Crippen LogP contribution in [0.15, 0.2) is 16.6 Å². The van der Waals surface area contributed by atoms with Gasteiger partial charge in [0.15, 0.2) is 0 Å². The van der Waals surface area contributed by atoms with E-state index < -0.39 is 0 Å². The summed E-state index contributed by atoms with van der Waals surface area (Å²) in [4.78, 5) is 0. The van der Waals surface area contributed by atoms with Crippen LogP contribution >= 0.6 is 15.9 Å². The van der Waals surface area contributed by atoms with E-state index in [2.05, 4.69) is 35.8 Å². The topological polar surface area (TPSA) is 35.2 Å². The summed E-state index contributed by atoms with van der Waals surface area (Å²) in [5.41, 5.74) is 8.17. The third-order valence-corrected chi connectivity index (χ3v) is 3.06. The van der Waals surface area contributed by atoms with E-state index in [1.807, 2.05) is 19.9 Å². The van der Waals surface area contributed by atoms with Crippen molar-refractivity contribution >= 4 is 15.9 Å². The lowest BCUT2D eigenvalue weighted by atomic mass is 9.85. The molecule has 0 aromatic heterocycles. The highest BCUT2D eigenvalue weighted by molar-refractivity contribution is 9.10. The van der Waals surface area contributed by atoms with Crippen LogP contribution in [0.2, 0.25) is 0 Å². The lowest BCUT2D eigenvalue weighted by molar-refractivity contribution is 0.403. The van der Waals surface area contributed by atoms with Gasteiger partial charge in [-0.1, -0.05) is 29.8 Å². The fourth-order valence-corrected chi connectivity index (χ4v) is 2.33. The molecular formula is C13H20BrNO. The third kappa shape index (κ3) is 2.77. The smallest absolute Gasteiger partial charge is 0.123 e. The zero-order valence-corrected chi connectivity index (χ0v) is 12.2. The Kier molecular flexibility index (Phi) is 4.02. The maximum absolute atomic E-state index is 6.21. The number of nitrogens with two attached hydrogens (primary N) is 1. The van der Waals surface area contributed by atoms with Gasteiger partial charge in [-0.05, 0) is 37.5 Å². The van der Waals surface area contributed by atoms with Crippen molar-refractivity contribution in [3.05, 3.63) is 27.7 Å². The van der Waals surface area contributed by atoms with Crippen molar-refractivity contribution in [1.82, 2.24) is 0 Å². The highest BCUT2D eigenvalue weighted by atomic mass is 79.9. The van der Waals surface area contributed by atoms with Crippen LogP contribution in [0.5, 0.6) is 5.75 Å². The lowest BCUT2D eigenvalue weighted by Crippen LogP contribution is -2.30. The van der Waals surface area contributed by atoms with Gasteiger partial charge >= 0.3 is 0 Å². The number of methoxy groups -OCH3 is 1. The van der Waals surface area contributed by atoms with Crippen LogP contribution in [0.3, 0.4) is 0 Å². The Morgan fingerprint density at radius 3 is 2.25 bits per heavy atom. The molecule has 1 rings (SSSR count). The zero-order chi connectivity index (χ0) is 12.5. The first kappa shape index (κ1) is 13.5. The average Bonchev–Trinajstić information content (AvgIpc) is 2.14. The van der Waals surface area contributed by atoms with Crippen LogP contribution < -0.4 is 10.5 Å². The maximum Gasteiger partial charge on any atom is 0.123 e. The molecule has 0 fully saturated rings. The quantitative estimate of drug-likeness (QED) is 0.917. The van der Waals surface area contributed by atoms with Gasteiger partial charge in [-0.3, -0.25) is 0 Å². The second kappa shape index (κ2) is 4.76. The van der Waals surface area contributed by atoms with E-state index in [4.69, 9.17) is 10.5 Å². The molecule has 0 aliphatic rings. The van der Waals surface area contributed by atoms with Crippen molar-refractivity contribution in [2.75, 3.05) is 7.11 Å². The van der Waals surface area contributed by atoms with E-state index in [1.54, 1.807) is 7.11 Å². The molecule has 3 heteroatoms. The molecule has 0 saturated heterocycles. The van der Waals surface area contributed by atoms with E-state index in [0.29, 0.717) is 5.92 Å². The summed E-state index contributed by atoms with van der Waals surface area (Å²) in [5, 5.41) is 0. The van der Waals surface area contributed by atoms with Crippen LogP contribution in [0.4, 0.5) is 0 Å². The second-order valence-corrected chi connectivity index (χ2v) is 5.86. The number of rotatable bonds is 3. The highest BCUT2D eigenvalue weighted by Crippen LogP contribution is 2.37. The van der Waals surface area contributed by atoms with Gasteiger partial charge in [0, 0.05) is 15.6 Å². The summed E-state index contributed by atoms with van der Waals surface area (Å²) in [7, 11) is 1.70. The Bertz CT molecular complexity index is 380. The van der Waals surface area contributed by atoms with Gasteiger partial charge in [0.05, 0.1) is 7.11 Å². The van der Waals surface area contributed by atoms with Crippen molar-refractivity contribution in [2.45, 2.75) is 39.2 Å². The number of benzene rings is 1. The molecule has 0 bridgehead atoms. The first-order chi connectivity index (χ1) is 7.27. The molecule has 0 amide bonds. The highest BCUT2D eigenvalue weighted by Gasteiger charge is 2.23. The minimum Gasteiger partial charge on any atom is -0.496 e. The van der Waals surface area contributed by atoms with Crippen molar-refractivity contribution in [3.63, 3.8) is 0 Å². The molecule has 0 spiro atoms. The zero-order valence-electron chi connectivity index (χ0n) is 10.6. The average molecular weight is 286 g/mol. The van der Waals surface area contributed by atoms with Gasteiger partial charge in [0.2, 0.25) is 0 Å².